The molecule has 0 bridgehead atoms. The highest BCUT2D eigenvalue weighted by atomic mass is 35.5. The van der Waals surface area contributed by atoms with Gasteiger partial charge in [-0.1, -0.05) is 23.7 Å². The zero-order chi connectivity index (χ0) is 14.1. The van der Waals surface area contributed by atoms with Crippen molar-refractivity contribution in [1.29, 1.82) is 0 Å². The first-order chi connectivity index (χ1) is 9.69. The summed E-state index contributed by atoms with van der Waals surface area (Å²) in [5, 5.41) is 1.02. The predicted octanol–water partition coefficient (Wildman–Crippen LogP) is 4.19. The molecule has 0 saturated carbocycles. The van der Waals surface area contributed by atoms with Crippen molar-refractivity contribution in [3.8, 4) is 0 Å². The van der Waals surface area contributed by atoms with E-state index in [-0.39, 0.29) is 5.97 Å². The number of hydrogen-bond donors (Lipinski definition) is 0. The number of carbonyl (C=O) groups excluding carboxylic acids is 1. The monoisotopic (exact) mass is 305 g/mol. The minimum atomic E-state index is -0.320. The van der Waals surface area contributed by atoms with Crippen LogP contribution in [0.25, 0.3) is 10.9 Å². The molecule has 1 aromatic carbocycles. The van der Waals surface area contributed by atoms with Gasteiger partial charge in [0.2, 0.25) is 0 Å². The van der Waals surface area contributed by atoms with Gasteiger partial charge in [0, 0.05) is 16.5 Å². The number of benzene rings is 1. The Hall–Kier alpha value is -1.78. The number of carbonyl (C=O) groups is 1. The van der Waals surface area contributed by atoms with Crippen molar-refractivity contribution in [3.63, 3.8) is 0 Å². The molecule has 0 unspecified atom stereocenters. The Morgan fingerprint density at radius 2 is 2.15 bits per heavy atom. The first-order valence-corrected chi connectivity index (χ1v) is 7.29. The topological polar surface area (TPSA) is 31.2 Å². The molecule has 0 atom stereocenters. The maximum Gasteiger partial charge on any atom is 0.340 e. The molecular formula is C15H12ClNO2S. The molecule has 3 rings (SSSR count). The highest BCUT2D eigenvalue weighted by Gasteiger charge is 2.14. The van der Waals surface area contributed by atoms with Gasteiger partial charge in [-0.15, -0.1) is 11.3 Å². The van der Waals surface area contributed by atoms with Crippen LogP contribution in [0.1, 0.15) is 15.2 Å². The molecule has 3 nitrogen and oxygen atoms in total. The molecule has 0 aliphatic heterocycles. The van der Waals surface area contributed by atoms with Crippen molar-refractivity contribution in [3.05, 3.63) is 57.4 Å². The minimum Gasteiger partial charge on any atom is -0.465 e. The van der Waals surface area contributed by atoms with Gasteiger partial charge in [0.15, 0.2) is 0 Å². The fourth-order valence-electron chi connectivity index (χ4n) is 2.27. The average Bonchev–Trinajstić information content (AvgIpc) is 3.05. The van der Waals surface area contributed by atoms with Crippen molar-refractivity contribution in [2.24, 2.45) is 0 Å². The number of halogens is 1. The van der Waals surface area contributed by atoms with Crippen LogP contribution in [0.4, 0.5) is 0 Å². The smallest absolute Gasteiger partial charge is 0.340 e. The maximum absolute atomic E-state index is 11.9. The van der Waals surface area contributed by atoms with Gasteiger partial charge in [0.1, 0.15) is 0 Å². The van der Waals surface area contributed by atoms with Gasteiger partial charge in [-0.05, 0) is 24.3 Å². The Balaban J connectivity index is 2.09. The van der Waals surface area contributed by atoms with Crippen LogP contribution in [0, 0.1) is 0 Å². The van der Waals surface area contributed by atoms with Gasteiger partial charge in [-0.2, -0.15) is 0 Å². The summed E-state index contributed by atoms with van der Waals surface area (Å²) in [6, 6.07) is 11.5. The Labute approximate surface area is 125 Å². The summed E-state index contributed by atoms with van der Waals surface area (Å²) < 4.78 is 7.67. The summed E-state index contributed by atoms with van der Waals surface area (Å²) in [6.45, 7) is 0.689. The normalized spacial score (nSPS) is 10.9. The summed E-state index contributed by atoms with van der Waals surface area (Å²) >= 11 is 7.50. The SMILES string of the molecule is COC(=O)c1cccc2ccn(Cc3ccc(Cl)s3)c12. The van der Waals surface area contributed by atoms with Crippen LogP contribution in [0.15, 0.2) is 42.6 Å². The van der Waals surface area contributed by atoms with Gasteiger partial charge in [-0.25, -0.2) is 4.79 Å². The Morgan fingerprint density at radius 3 is 2.85 bits per heavy atom. The van der Waals surface area contributed by atoms with Crippen LogP contribution in [0.5, 0.6) is 0 Å². The van der Waals surface area contributed by atoms with Crippen molar-refractivity contribution >= 4 is 39.8 Å². The van der Waals surface area contributed by atoms with Gasteiger partial charge in [-0.3, -0.25) is 0 Å². The number of esters is 1. The summed E-state index contributed by atoms with van der Waals surface area (Å²) in [5.74, 6) is -0.320. The van der Waals surface area contributed by atoms with Crippen molar-refractivity contribution < 1.29 is 9.53 Å². The highest BCUT2D eigenvalue weighted by Crippen LogP contribution is 2.26. The van der Waals surface area contributed by atoms with Gasteiger partial charge < -0.3 is 9.30 Å². The lowest BCUT2D eigenvalue weighted by Crippen LogP contribution is -2.05. The molecule has 0 fully saturated rings. The second-order valence-corrected chi connectivity index (χ2v) is 6.18. The zero-order valence-electron chi connectivity index (χ0n) is 10.8. The molecule has 0 saturated heterocycles. The molecule has 5 heteroatoms. The zero-order valence-corrected chi connectivity index (χ0v) is 12.4. The van der Waals surface area contributed by atoms with E-state index in [4.69, 9.17) is 16.3 Å². The number of ether oxygens (including phenoxy) is 1. The van der Waals surface area contributed by atoms with E-state index in [1.165, 1.54) is 7.11 Å². The average molecular weight is 306 g/mol. The molecule has 0 spiro atoms. The van der Waals surface area contributed by atoms with E-state index in [1.807, 2.05) is 41.1 Å². The molecule has 0 aliphatic carbocycles. The molecule has 2 aromatic heterocycles. The number of methoxy groups -OCH3 is 1. The number of hydrogen-bond acceptors (Lipinski definition) is 3. The number of thiophene rings is 1. The molecule has 0 amide bonds. The molecule has 0 N–H and O–H groups in total. The van der Waals surface area contributed by atoms with E-state index < -0.39 is 0 Å². The summed E-state index contributed by atoms with van der Waals surface area (Å²) in [5.41, 5.74) is 1.47. The lowest BCUT2D eigenvalue weighted by atomic mass is 10.1. The first-order valence-electron chi connectivity index (χ1n) is 6.09. The van der Waals surface area contributed by atoms with Crippen LogP contribution in [0.3, 0.4) is 0 Å². The minimum absolute atomic E-state index is 0.320. The van der Waals surface area contributed by atoms with Gasteiger partial charge >= 0.3 is 5.97 Å². The van der Waals surface area contributed by atoms with E-state index in [2.05, 4.69) is 0 Å². The third-order valence-corrected chi connectivity index (χ3v) is 4.36. The van der Waals surface area contributed by atoms with E-state index in [9.17, 15) is 4.79 Å². The van der Waals surface area contributed by atoms with E-state index >= 15 is 0 Å². The van der Waals surface area contributed by atoms with E-state index in [0.717, 1.165) is 20.1 Å². The number of rotatable bonds is 3. The molecule has 3 aromatic rings. The van der Waals surface area contributed by atoms with Crippen LogP contribution in [0.2, 0.25) is 4.34 Å². The van der Waals surface area contributed by atoms with E-state index in [0.29, 0.717) is 12.1 Å². The lowest BCUT2D eigenvalue weighted by Gasteiger charge is -2.07. The fourth-order valence-corrected chi connectivity index (χ4v) is 3.36. The molecule has 20 heavy (non-hydrogen) atoms. The van der Waals surface area contributed by atoms with Crippen molar-refractivity contribution in [2.75, 3.05) is 7.11 Å². The number of aromatic nitrogens is 1. The molecule has 0 aliphatic rings. The number of nitrogens with zero attached hydrogens (tertiary/aromatic N) is 1. The second-order valence-electron chi connectivity index (χ2n) is 4.38. The largest absolute Gasteiger partial charge is 0.465 e. The van der Waals surface area contributed by atoms with Gasteiger partial charge in [0.05, 0.1) is 29.1 Å². The van der Waals surface area contributed by atoms with Crippen LogP contribution in [-0.2, 0) is 11.3 Å². The molecular weight excluding hydrogens is 294 g/mol. The van der Waals surface area contributed by atoms with E-state index in [1.54, 1.807) is 17.4 Å². The number of fused-ring (bicyclic) bond motifs is 1. The Bertz CT molecular complexity index is 775. The Morgan fingerprint density at radius 1 is 1.30 bits per heavy atom. The lowest BCUT2D eigenvalue weighted by molar-refractivity contribution is 0.0602. The fraction of sp³-hybridized carbons (Fsp3) is 0.133. The summed E-state index contributed by atoms with van der Waals surface area (Å²) in [7, 11) is 1.40. The second kappa shape index (κ2) is 5.31. The van der Waals surface area contributed by atoms with Gasteiger partial charge in [0.25, 0.3) is 0 Å². The van der Waals surface area contributed by atoms with Crippen LogP contribution in [-0.4, -0.2) is 17.6 Å². The molecule has 102 valence electrons. The quantitative estimate of drug-likeness (QED) is 0.679. The van der Waals surface area contributed by atoms with Crippen molar-refractivity contribution in [1.82, 2.24) is 4.57 Å². The summed E-state index contributed by atoms with van der Waals surface area (Å²) in [4.78, 5) is 13.0. The maximum atomic E-state index is 11.9. The standard InChI is InChI=1S/C15H12ClNO2S/c1-19-15(18)12-4-2-3-10-7-8-17(14(10)12)9-11-5-6-13(16)20-11/h2-8H,9H2,1H3. The molecule has 2 heterocycles. The highest BCUT2D eigenvalue weighted by molar-refractivity contribution is 7.16. The van der Waals surface area contributed by atoms with Crippen LogP contribution < -0.4 is 0 Å². The first kappa shape index (κ1) is 13.2. The van der Waals surface area contributed by atoms with Crippen molar-refractivity contribution in [2.45, 2.75) is 6.54 Å². The Kier molecular flexibility index (Phi) is 3.51. The predicted molar refractivity (Wildman–Crippen MR) is 81.7 cm³/mol. The van der Waals surface area contributed by atoms with Crippen LogP contribution >= 0.6 is 22.9 Å². The third-order valence-electron chi connectivity index (χ3n) is 3.15. The summed E-state index contributed by atoms with van der Waals surface area (Å²) in [6.07, 6.45) is 1.98. The molecule has 0 radical (unpaired) electrons. The number of para-hydroxylation sites is 1. The third kappa shape index (κ3) is 2.32.